The predicted molar refractivity (Wildman–Crippen MR) is 99.1 cm³/mol. The van der Waals surface area contributed by atoms with Crippen LogP contribution in [0.4, 0.5) is 21.3 Å². The Hall–Kier alpha value is -3.33. The van der Waals surface area contributed by atoms with Crippen molar-refractivity contribution < 1.29 is 19.1 Å². The first-order chi connectivity index (χ1) is 12.6. The van der Waals surface area contributed by atoms with Crippen LogP contribution >= 0.6 is 11.3 Å². The van der Waals surface area contributed by atoms with E-state index in [-0.39, 0.29) is 18.7 Å². The largest absolute Gasteiger partial charge is 0.454 e. The number of anilines is 3. The number of benzene rings is 2. The molecule has 3 aromatic rings. The molecule has 2 heterocycles. The van der Waals surface area contributed by atoms with E-state index in [2.05, 4.69) is 20.9 Å². The van der Waals surface area contributed by atoms with E-state index in [0.717, 1.165) is 10.2 Å². The van der Waals surface area contributed by atoms with Crippen LogP contribution in [-0.2, 0) is 4.79 Å². The van der Waals surface area contributed by atoms with Gasteiger partial charge in [-0.05, 0) is 30.3 Å². The van der Waals surface area contributed by atoms with Gasteiger partial charge in [0.25, 0.3) is 0 Å². The number of thiazole rings is 1. The molecule has 3 N–H and O–H groups in total. The molecule has 9 heteroatoms. The zero-order chi connectivity index (χ0) is 18.1. The Morgan fingerprint density at radius 2 is 1.73 bits per heavy atom. The lowest BCUT2D eigenvalue weighted by molar-refractivity contribution is -0.114. The summed E-state index contributed by atoms with van der Waals surface area (Å²) in [6.45, 7) is 1.61. The quantitative estimate of drug-likeness (QED) is 0.653. The monoisotopic (exact) mass is 370 g/mol. The van der Waals surface area contributed by atoms with Gasteiger partial charge in [-0.15, -0.1) is 0 Å². The number of aromatic nitrogens is 1. The van der Waals surface area contributed by atoms with E-state index >= 15 is 0 Å². The fourth-order valence-corrected chi connectivity index (χ4v) is 3.43. The maximum absolute atomic E-state index is 12.2. The highest BCUT2D eigenvalue weighted by Gasteiger charge is 2.14. The van der Waals surface area contributed by atoms with Crippen molar-refractivity contribution in [3.8, 4) is 11.5 Å². The van der Waals surface area contributed by atoms with E-state index in [4.69, 9.17) is 9.47 Å². The molecule has 0 fully saturated rings. The maximum atomic E-state index is 12.2. The van der Waals surface area contributed by atoms with Crippen LogP contribution in [-0.4, -0.2) is 23.7 Å². The number of fused-ring (bicyclic) bond motifs is 2. The SMILES string of the molecule is CC(=O)Nc1nc2ccc(NC(=O)Nc3ccc4c(c3)OCO4)cc2s1. The summed E-state index contributed by atoms with van der Waals surface area (Å²) in [6.07, 6.45) is 0. The van der Waals surface area contributed by atoms with Crippen LogP contribution in [0.15, 0.2) is 36.4 Å². The normalized spacial score (nSPS) is 12.0. The minimum Gasteiger partial charge on any atom is -0.454 e. The van der Waals surface area contributed by atoms with Crippen molar-refractivity contribution in [2.24, 2.45) is 0 Å². The molecule has 1 aliphatic rings. The molecule has 8 nitrogen and oxygen atoms in total. The lowest BCUT2D eigenvalue weighted by atomic mass is 10.3. The summed E-state index contributed by atoms with van der Waals surface area (Å²) in [4.78, 5) is 27.6. The van der Waals surface area contributed by atoms with Crippen LogP contribution in [0.25, 0.3) is 10.2 Å². The Labute approximate surface area is 152 Å². The summed E-state index contributed by atoms with van der Waals surface area (Å²) in [7, 11) is 0. The molecule has 0 unspecified atom stereocenters. The average Bonchev–Trinajstić information content (AvgIpc) is 3.19. The van der Waals surface area contributed by atoms with Crippen molar-refractivity contribution >= 4 is 50.0 Å². The van der Waals surface area contributed by atoms with Gasteiger partial charge in [-0.25, -0.2) is 9.78 Å². The third kappa shape index (κ3) is 3.38. The molecule has 0 spiro atoms. The van der Waals surface area contributed by atoms with Crippen LogP contribution in [0.1, 0.15) is 6.92 Å². The molecule has 1 aromatic heterocycles. The van der Waals surface area contributed by atoms with Gasteiger partial charge in [-0.3, -0.25) is 4.79 Å². The lowest BCUT2D eigenvalue weighted by Crippen LogP contribution is -2.19. The van der Waals surface area contributed by atoms with Crippen LogP contribution < -0.4 is 25.4 Å². The first-order valence-corrected chi connectivity index (χ1v) is 8.54. The molecule has 0 saturated carbocycles. The Morgan fingerprint density at radius 1 is 1.00 bits per heavy atom. The molecular formula is C17H14N4O4S. The molecule has 26 heavy (non-hydrogen) atoms. The minimum absolute atomic E-state index is 0.175. The molecule has 4 rings (SSSR count). The van der Waals surface area contributed by atoms with Crippen LogP contribution in [0.5, 0.6) is 11.5 Å². The first-order valence-electron chi connectivity index (χ1n) is 7.73. The molecule has 0 aliphatic carbocycles. The number of rotatable bonds is 3. The summed E-state index contributed by atoms with van der Waals surface area (Å²) in [5.41, 5.74) is 1.97. The maximum Gasteiger partial charge on any atom is 0.323 e. The Morgan fingerprint density at radius 3 is 2.54 bits per heavy atom. The number of urea groups is 1. The van der Waals surface area contributed by atoms with Gasteiger partial charge in [-0.2, -0.15) is 0 Å². The van der Waals surface area contributed by atoms with Crippen molar-refractivity contribution in [2.45, 2.75) is 6.92 Å². The summed E-state index contributed by atoms with van der Waals surface area (Å²) < 4.78 is 11.4. The number of carbonyl (C=O) groups excluding carboxylic acids is 2. The molecular weight excluding hydrogens is 356 g/mol. The number of nitrogens with one attached hydrogen (secondary N) is 3. The molecule has 2 aromatic carbocycles. The topological polar surface area (TPSA) is 102 Å². The van der Waals surface area contributed by atoms with E-state index in [9.17, 15) is 9.59 Å². The standard InChI is InChI=1S/C17H14N4O4S/c1-9(22)18-17-21-12-4-2-11(7-15(12)26-17)20-16(23)19-10-3-5-13-14(6-10)25-8-24-13/h2-7H,8H2,1H3,(H,18,21,22)(H2,19,20,23). The third-order valence-corrected chi connectivity index (χ3v) is 4.49. The number of hydrogen-bond acceptors (Lipinski definition) is 6. The van der Waals surface area contributed by atoms with Crippen molar-refractivity contribution in [3.63, 3.8) is 0 Å². The zero-order valence-corrected chi connectivity index (χ0v) is 14.5. The van der Waals surface area contributed by atoms with E-state index < -0.39 is 0 Å². The summed E-state index contributed by atoms with van der Waals surface area (Å²) in [5.74, 6) is 1.08. The summed E-state index contributed by atoms with van der Waals surface area (Å²) in [6, 6.07) is 10.1. The highest BCUT2D eigenvalue weighted by molar-refractivity contribution is 7.22. The second kappa shape index (κ2) is 6.52. The number of ether oxygens (including phenoxy) is 2. The van der Waals surface area contributed by atoms with Crippen molar-refractivity contribution in [1.82, 2.24) is 4.98 Å². The smallest absolute Gasteiger partial charge is 0.323 e. The number of hydrogen-bond donors (Lipinski definition) is 3. The molecule has 0 radical (unpaired) electrons. The Kier molecular flexibility index (Phi) is 4.05. The average molecular weight is 370 g/mol. The Bertz CT molecular complexity index is 1020. The fourth-order valence-electron chi connectivity index (χ4n) is 2.47. The molecule has 0 atom stereocenters. The van der Waals surface area contributed by atoms with Gasteiger partial charge in [0, 0.05) is 24.4 Å². The Balaban J connectivity index is 1.46. The first kappa shape index (κ1) is 16.2. The van der Waals surface area contributed by atoms with Crippen LogP contribution in [0.2, 0.25) is 0 Å². The minimum atomic E-state index is -0.380. The van der Waals surface area contributed by atoms with E-state index in [0.29, 0.717) is 28.0 Å². The number of carbonyl (C=O) groups is 2. The van der Waals surface area contributed by atoms with Gasteiger partial charge in [-0.1, -0.05) is 11.3 Å². The summed E-state index contributed by atoms with van der Waals surface area (Å²) in [5, 5.41) is 8.69. The van der Waals surface area contributed by atoms with Crippen molar-refractivity contribution in [1.29, 1.82) is 0 Å². The molecule has 0 bridgehead atoms. The van der Waals surface area contributed by atoms with Gasteiger partial charge in [0.1, 0.15) is 0 Å². The molecule has 132 valence electrons. The van der Waals surface area contributed by atoms with Gasteiger partial charge >= 0.3 is 6.03 Å². The second-order valence-corrected chi connectivity index (χ2v) is 6.56. The molecule has 3 amide bonds. The van der Waals surface area contributed by atoms with Crippen LogP contribution in [0.3, 0.4) is 0 Å². The van der Waals surface area contributed by atoms with Gasteiger partial charge in [0.15, 0.2) is 16.6 Å². The third-order valence-electron chi connectivity index (χ3n) is 3.56. The zero-order valence-electron chi connectivity index (χ0n) is 13.7. The van der Waals surface area contributed by atoms with Gasteiger partial charge in [0.05, 0.1) is 10.2 Å². The van der Waals surface area contributed by atoms with E-state index in [1.807, 2.05) is 0 Å². The van der Waals surface area contributed by atoms with Crippen LogP contribution in [0, 0.1) is 0 Å². The lowest BCUT2D eigenvalue weighted by Gasteiger charge is -2.08. The fraction of sp³-hybridized carbons (Fsp3) is 0.118. The number of amides is 3. The van der Waals surface area contributed by atoms with Crippen molar-refractivity contribution in [3.05, 3.63) is 36.4 Å². The highest BCUT2D eigenvalue weighted by atomic mass is 32.1. The van der Waals surface area contributed by atoms with E-state index in [1.54, 1.807) is 36.4 Å². The summed E-state index contributed by atoms with van der Waals surface area (Å²) >= 11 is 1.34. The molecule has 1 aliphatic heterocycles. The second-order valence-electron chi connectivity index (χ2n) is 5.53. The van der Waals surface area contributed by atoms with E-state index in [1.165, 1.54) is 18.3 Å². The van der Waals surface area contributed by atoms with Gasteiger partial charge < -0.3 is 25.4 Å². The predicted octanol–water partition coefficient (Wildman–Crippen LogP) is 3.63. The van der Waals surface area contributed by atoms with Gasteiger partial charge in [0.2, 0.25) is 12.7 Å². The molecule has 0 saturated heterocycles. The number of nitrogens with zero attached hydrogens (tertiary/aromatic N) is 1. The highest BCUT2D eigenvalue weighted by Crippen LogP contribution is 2.34. The van der Waals surface area contributed by atoms with Crippen molar-refractivity contribution in [2.75, 3.05) is 22.7 Å².